The maximum absolute atomic E-state index is 6.52. The first-order chi connectivity index (χ1) is 10.3. The van der Waals surface area contributed by atoms with Gasteiger partial charge in [-0.2, -0.15) is 0 Å². The summed E-state index contributed by atoms with van der Waals surface area (Å²) in [6, 6.07) is 24.5. The Morgan fingerprint density at radius 3 is 2.24 bits per heavy atom. The molecule has 0 saturated heterocycles. The van der Waals surface area contributed by atoms with Crippen LogP contribution in [-0.4, -0.2) is 7.11 Å². The van der Waals surface area contributed by atoms with Gasteiger partial charge in [-0.15, -0.1) is 0 Å². The summed E-state index contributed by atoms with van der Waals surface area (Å²) in [6.07, 6.45) is -0.156. The second-order valence-corrected chi connectivity index (χ2v) is 5.16. The Bertz CT molecular complexity index is 718. The molecule has 0 fully saturated rings. The van der Waals surface area contributed by atoms with Gasteiger partial charge in [0.25, 0.3) is 0 Å². The van der Waals surface area contributed by atoms with E-state index >= 15 is 0 Å². The number of hydrogen-bond donors (Lipinski definition) is 1. The molecule has 0 amide bonds. The summed E-state index contributed by atoms with van der Waals surface area (Å²) < 4.78 is 5.68. The lowest BCUT2D eigenvalue weighted by Gasteiger charge is -2.24. The van der Waals surface area contributed by atoms with Crippen molar-refractivity contribution in [2.45, 2.75) is 12.1 Å². The Labute approximate surface area is 125 Å². The van der Waals surface area contributed by atoms with Crippen LogP contribution in [0.4, 0.5) is 0 Å². The lowest BCUT2D eigenvalue weighted by molar-refractivity contribution is 0.0806. The zero-order valence-corrected chi connectivity index (χ0v) is 12.1. The van der Waals surface area contributed by atoms with Crippen molar-refractivity contribution in [1.29, 1.82) is 0 Å². The van der Waals surface area contributed by atoms with Gasteiger partial charge in [-0.3, -0.25) is 0 Å². The van der Waals surface area contributed by atoms with Crippen molar-refractivity contribution >= 4 is 10.8 Å². The maximum atomic E-state index is 6.52. The molecule has 3 aromatic rings. The Morgan fingerprint density at radius 1 is 0.810 bits per heavy atom. The molecule has 2 unspecified atom stereocenters. The van der Waals surface area contributed by atoms with E-state index in [1.54, 1.807) is 7.11 Å². The Morgan fingerprint density at radius 2 is 1.48 bits per heavy atom. The third kappa shape index (κ3) is 2.68. The van der Waals surface area contributed by atoms with Gasteiger partial charge in [0.1, 0.15) is 6.10 Å². The van der Waals surface area contributed by atoms with Gasteiger partial charge in [0.2, 0.25) is 0 Å². The number of nitrogens with two attached hydrogens (primary N) is 1. The van der Waals surface area contributed by atoms with Crippen molar-refractivity contribution in [3.63, 3.8) is 0 Å². The van der Waals surface area contributed by atoms with E-state index in [-0.39, 0.29) is 12.1 Å². The molecule has 3 aromatic carbocycles. The van der Waals surface area contributed by atoms with Gasteiger partial charge in [0, 0.05) is 7.11 Å². The van der Waals surface area contributed by atoms with Gasteiger partial charge in [0.05, 0.1) is 6.04 Å². The fourth-order valence-corrected chi connectivity index (χ4v) is 2.84. The molecule has 3 rings (SSSR count). The van der Waals surface area contributed by atoms with E-state index in [1.165, 1.54) is 10.8 Å². The number of ether oxygens (including phenoxy) is 1. The molecule has 0 aliphatic rings. The van der Waals surface area contributed by atoms with Crippen molar-refractivity contribution in [3.05, 3.63) is 83.9 Å². The number of hydrogen-bond acceptors (Lipinski definition) is 2. The van der Waals surface area contributed by atoms with E-state index in [0.29, 0.717) is 0 Å². The first kappa shape index (κ1) is 13.8. The van der Waals surface area contributed by atoms with Crippen LogP contribution in [0.15, 0.2) is 72.8 Å². The highest BCUT2D eigenvalue weighted by Gasteiger charge is 2.22. The van der Waals surface area contributed by atoms with E-state index in [4.69, 9.17) is 10.5 Å². The second kappa shape index (κ2) is 6.08. The number of fused-ring (bicyclic) bond motifs is 1. The number of rotatable bonds is 4. The fraction of sp³-hybridized carbons (Fsp3) is 0.158. The molecule has 0 heterocycles. The number of methoxy groups -OCH3 is 1. The van der Waals surface area contributed by atoms with E-state index in [2.05, 4.69) is 42.5 Å². The van der Waals surface area contributed by atoms with Gasteiger partial charge in [-0.25, -0.2) is 0 Å². The normalized spacial score (nSPS) is 14.0. The van der Waals surface area contributed by atoms with Crippen LogP contribution in [0, 0.1) is 0 Å². The monoisotopic (exact) mass is 277 g/mol. The molecule has 21 heavy (non-hydrogen) atoms. The van der Waals surface area contributed by atoms with Gasteiger partial charge in [-0.05, 0) is 21.9 Å². The molecule has 106 valence electrons. The molecule has 2 nitrogen and oxygen atoms in total. The highest BCUT2D eigenvalue weighted by molar-refractivity contribution is 5.86. The van der Waals surface area contributed by atoms with Crippen LogP contribution < -0.4 is 5.73 Å². The van der Waals surface area contributed by atoms with E-state index < -0.39 is 0 Å². The second-order valence-electron chi connectivity index (χ2n) is 5.16. The molecule has 2 N–H and O–H groups in total. The van der Waals surface area contributed by atoms with Gasteiger partial charge < -0.3 is 10.5 Å². The predicted molar refractivity (Wildman–Crippen MR) is 87.1 cm³/mol. The highest BCUT2D eigenvalue weighted by atomic mass is 16.5. The minimum atomic E-state index is -0.205. The largest absolute Gasteiger partial charge is 0.375 e. The topological polar surface area (TPSA) is 35.2 Å². The van der Waals surface area contributed by atoms with Crippen LogP contribution in [0.2, 0.25) is 0 Å². The van der Waals surface area contributed by atoms with Crippen molar-refractivity contribution in [3.8, 4) is 0 Å². The maximum Gasteiger partial charge on any atom is 0.101 e. The Hall–Kier alpha value is -2.16. The summed E-state index contributed by atoms with van der Waals surface area (Å²) in [5.41, 5.74) is 8.74. The minimum Gasteiger partial charge on any atom is -0.375 e. The van der Waals surface area contributed by atoms with Crippen LogP contribution in [0.5, 0.6) is 0 Å². The molecule has 2 atom stereocenters. The molecular formula is C19H19NO. The summed E-state index contributed by atoms with van der Waals surface area (Å²) in [5, 5.41) is 2.39. The third-order valence-electron chi connectivity index (χ3n) is 3.89. The standard InChI is InChI=1S/C19H19NO/c1-21-19(15-9-3-2-4-10-15)18(20)17-13-7-11-14-8-5-6-12-16(14)17/h2-13,18-19H,20H2,1H3. The molecule has 2 heteroatoms. The van der Waals surface area contributed by atoms with Gasteiger partial charge in [0.15, 0.2) is 0 Å². The Kier molecular flexibility index (Phi) is 4.00. The quantitative estimate of drug-likeness (QED) is 0.774. The summed E-state index contributed by atoms with van der Waals surface area (Å²) in [7, 11) is 1.71. The van der Waals surface area contributed by atoms with Crippen LogP contribution in [0.1, 0.15) is 23.3 Å². The first-order valence-electron chi connectivity index (χ1n) is 7.12. The van der Waals surface area contributed by atoms with E-state index in [0.717, 1.165) is 11.1 Å². The molecule has 0 aromatic heterocycles. The number of benzene rings is 3. The summed E-state index contributed by atoms with van der Waals surface area (Å²) in [6.45, 7) is 0. The lowest BCUT2D eigenvalue weighted by Crippen LogP contribution is -2.21. The SMILES string of the molecule is COC(c1ccccc1)C(N)c1cccc2ccccc12. The van der Waals surface area contributed by atoms with Crippen LogP contribution in [0.3, 0.4) is 0 Å². The summed E-state index contributed by atoms with van der Waals surface area (Å²) in [5.74, 6) is 0. The zero-order valence-electron chi connectivity index (χ0n) is 12.1. The van der Waals surface area contributed by atoms with Crippen LogP contribution >= 0.6 is 0 Å². The predicted octanol–water partition coefficient (Wildman–Crippen LogP) is 4.23. The average molecular weight is 277 g/mol. The van der Waals surface area contributed by atoms with Crippen molar-refractivity contribution < 1.29 is 4.74 Å². The van der Waals surface area contributed by atoms with Gasteiger partial charge in [-0.1, -0.05) is 72.8 Å². The van der Waals surface area contributed by atoms with Crippen molar-refractivity contribution in [1.82, 2.24) is 0 Å². The molecule has 0 bridgehead atoms. The molecule has 0 aliphatic heterocycles. The Balaban J connectivity index is 2.05. The molecule has 0 aliphatic carbocycles. The van der Waals surface area contributed by atoms with E-state index in [9.17, 15) is 0 Å². The van der Waals surface area contributed by atoms with Crippen molar-refractivity contribution in [2.75, 3.05) is 7.11 Å². The lowest BCUT2D eigenvalue weighted by atomic mass is 9.92. The minimum absolute atomic E-state index is 0.156. The van der Waals surface area contributed by atoms with Crippen LogP contribution in [0.25, 0.3) is 10.8 Å². The molecule has 0 radical (unpaired) electrons. The summed E-state index contributed by atoms with van der Waals surface area (Å²) in [4.78, 5) is 0. The molecule has 0 spiro atoms. The van der Waals surface area contributed by atoms with Gasteiger partial charge >= 0.3 is 0 Å². The zero-order chi connectivity index (χ0) is 14.7. The smallest absolute Gasteiger partial charge is 0.101 e. The van der Waals surface area contributed by atoms with Crippen LogP contribution in [-0.2, 0) is 4.74 Å². The first-order valence-corrected chi connectivity index (χ1v) is 7.12. The van der Waals surface area contributed by atoms with E-state index in [1.807, 2.05) is 30.3 Å². The van der Waals surface area contributed by atoms with Crippen molar-refractivity contribution in [2.24, 2.45) is 5.73 Å². The fourth-order valence-electron chi connectivity index (χ4n) is 2.84. The highest BCUT2D eigenvalue weighted by Crippen LogP contribution is 2.33. The third-order valence-corrected chi connectivity index (χ3v) is 3.89. The summed E-state index contributed by atoms with van der Waals surface area (Å²) >= 11 is 0. The molecule has 0 saturated carbocycles. The molecular weight excluding hydrogens is 258 g/mol. The average Bonchev–Trinajstić information content (AvgIpc) is 2.56.